The average molecular weight is 219 g/mol. The molecule has 16 heavy (non-hydrogen) atoms. The molecule has 2 nitrogen and oxygen atoms in total. The lowest BCUT2D eigenvalue weighted by Gasteiger charge is -2.19. The van der Waals surface area contributed by atoms with E-state index in [9.17, 15) is 5.11 Å². The maximum Gasteiger partial charge on any atom is 0.0631 e. The van der Waals surface area contributed by atoms with Crippen molar-refractivity contribution in [2.45, 2.75) is 44.1 Å². The molecular weight excluding hydrogens is 198 g/mol. The van der Waals surface area contributed by atoms with Gasteiger partial charge in [0, 0.05) is 18.4 Å². The minimum Gasteiger partial charge on any atom is -0.390 e. The molecule has 0 unspecified atom stereocenters. The molecule has 0 heterocycles. The van der Waals surface area contributed by atoms with Crippen LogP contribution in [-0.2, 0) is 11.8 Å². The Balaban J connectivity index is 2.20. The summed E-state index contributed by atoms with van der Waals surface area (Å²) in [5.74, 6) is 0. The van der Waals surface area contributed by atoms with Crippen LogP contribution in [0.2, 0.25) is 0 Å². The molecule has 0 bridgehead atoms. The average Bonchev–Trinajstić information content (AvgIpc) is 2.96. The van der Waals surface area contributed by atoms with Gasteiger partial charge in [0.05, 0.1) is 5.60 Å². The lowest BCUT2D eigenvalue weighted by atomic mass is 9.91. The third kappa shape index (κ3) is 2.45. The first-order valence-corrected chi connectivity index (χ1v) is 5.97. The van der Waals surface area contributed by atoms with E-state index in [4.69, 9.17) is 5.73 Å². The summed E-state index contributed by atoms with van der Waals surface area (Å²) in [6.45, 7) is 4.42. The molecule has 0 radical (unpaired) electrons. The van der Waals surface area contributed by atoms with Gasteiger partial charge in [0.2, 0.25) is 0 Å². The van der Waals surface area contributed by atoms with E-state index < -0.39 is 5.60 Å². The Morgan fingerprint density at radius 3 is 2.56 bits per heavy atom. The van der Waals surface area contributed by atoms with Gasteiger partial charge in [-0.25, -0.2) is 0 Å². The molecule has 2 rings (SSSR count). The van der Waals surface area contributed by atoms with E-state index in [1.807, 2.05) is 13.8 Å². The van der Waals surface area contributed by atoms with Crippen LogP contribution >= 0.6 is 0 Å². The van der Waals surface area contributed by atoms with Gasteiger partial charge >= 0.3 is 0 Å². The number of hydrogen-bond donors (Lipinski definition) is 2. The number of benzene rings is 1. The van der Waals surface area contributed by atoms with Crippen LogP contribution in [0.3, 0.4) is 0 Å². The Hall–Kier alpha value is -0.860. The highest BCUT2D eigenvalue weighted by atomic mass is 16.3. The van der Waals surface area contributed by atoms with Crippen molar-refractivity contribution in [1.82, 2.24) is 0 Å². The van der Waals surface area contributed by atoms with Gasteiger partial charge in [-0.3, -0.25) is 0 Å². The minimum atomic E-state index is -0.641. The number of hydrogen-bond acceptors (Lipinski definition) is 2. The normalized spacial score (nSPS) is 18.5. The van der Waals surface area contributed by atoms with Gasteiger partial charge in [-0.05, 0) is 37.8 Å². The highest BCUT2D eigenvalue weighted by Gasteiger charge is 2.42. The molecule has 0 amide bonds. The summed E-state index contributed by atoms with van der Waals surface area (Å²) in [5, 5.41) is 9.81. The fourth-order valence-electron chi connectivity index (χ4n) is 2.27. The van der Waals surface area contributed by atoms with Crippen LogP contribution < -0.4 is 5.73 Å². The molecular formula is C14H21NO. The van der Waals surface area contributed by atoms with Gasteiger partial charge in [-0.1, -0.05) is 24.3 Å². The summed E-state index contributed by atoms with van der Waals surface area (Å²) < 4.78 is 0. The van der Waals surface area contributed by atoms with E-state index in [1.165, 1.54) is 24.0 Å². The predicted molar refractivity (Wildman–Crippen MR) is 66.4 cm³/mol. The van der Waals surface area contributed by atoms with Crippen molar-refractivity contribution in [1.29, 1.82) is 0 Å². The highest BCUT2D eigenvalue weighted by molar-refractivity contribution is 5.35. The molecule has 2 heteroatoms. The van der Waals surface area contributed by atoms with Crippen LogP contribution in [0.4, 0.5) is 0 Å². The van der Waals surface area contributed by atoms with E-state index in [0.29, 0.717) is 6.42 Å². The Morgan fingerprint density at radius 1 is 1.38 bits per heavy atom. The Kier molecular flexibility index (Phi) is 2.81. The molecule has 1 aromatic carbocycles. The molecule has 0 aromatic heterocycles. The molecule has 0 spiro atoms. The summed E-state index contributed by atoms with van der Waals surface area (Å²) in [6, 6.07) is 8.52. The van der Waals surface area contributed by atoms with Crippen molar-refractivity contribution >= 4 is 0 Å². The maximum atomic E-state index is 9.81. The summed E-state index contributed by atoms with van der Waals surface area (Å²) in [6.07, 6.45) is 3.10. The zero-order valence-electron chi connectivity index (χ0n) is 10.2. The van der Waals surface area contributed by atoms with Gasteiger partial charge in [0.25, 0.3) is 0 Å². The quantitative estimate of drug-likeness (QED) is 0.813. The van der Waals surface area contributed by atoms with Crippen LogP contribution in [0.5, 0.6) is 0 Å². The molecule has 0 saturated heterocycles. The van der Waals surface area contributed by atoms with Crippen molar-refractivity contribution in [3.05, 3.63) is 35.4 Å². The zero-order chi connectivity index (χ0) is 11.8. The van der Waals surface area contributed by atoms with Crippen molar-refractivity contribution in [2.24, 2.45) is 5.73 Å². The van der Waals surface area contributed by atoms with E-state index in [0.717, 1.165) is 6.54 Å². The zero-order valence-corrected chi connectivity index (χ0v) is 10.2. The molecule has 0 atom stereocenters. The molecule has 1 aliphatic carbocycles. The van der Waals surface area contributed by atoms with Gasteiger partial charge in [-0.15, -0.1) is 0 Å². The first-order valence-electron chi connectivity index (χ1n) is 5.97. The van der Waals surface area contributed by atoms with E-state index in [1.54, 1.807) is 0 Å². The lowest BCUT2D eigenvalue weighted by Crippen LogP contribution is -2.23. The number of nitrogens with two attached hydrogens (primary N) is 1. The van der Waals surface area contributed by atoms with Gasteiger partial charge in [0.1, 0.15) is 0 Å². The van der Waals surface area contributed by atoms with Crippen LogP contribution in [0.15, 0.2) is 24.3 Å². The first-order chi connectivity index (χ1) is 7.45. The second-order valence-electron chi connectivity index (χ2n) is 5.67. The van der Waals surface area contributed by atoms with Crippen molar-refractivity contribution in [3.63, 3.8) is 0 Å². The fraction of sp³-hybridized carbons (Fsp3) is 0.571. The Morgan fingerprint density at radius 2 is 2.06 bits per heavy atom. The van der Waals surface area contributed by atoms with Crippen LogP contribution in [0.25, 0.3) is 0 Å². The largest absolute Gasteiger partial charge is 0.390 e. The van der Waals surface area contributed by atoms with Crippen molar-refractivity contribution < 1.29 is 5.11 Å². The van der Waals surface area contributed by atoms with Crippen molar-refractivity contribution in [3.8, 4) is 0 Å². The minimum absolute atomic E-state index is 0.246. The van der Waals surface area contributed by atoms with Gasteiger partial charge in [0.15, 0.2) is 0 Å². The first kappa shape index (κ1) is 11.6. The summed E-state index contributed by atoms with van der Waals surface area (Å²) >= 11 is 0. The van der Waals surface area contributed by atoms with Crippen LogP contribution in [0, 0.1) is 0 Å². The molecule has 3 N–H and O–H groups in total. The molecule has 88 valence electrons. The maximum absolute atomic E-state index is 9.81. The molecule has 0 aliphatic heterocycles. The van der Waals surface area contributed by atoms with E-state index in [-0.39, 0.29) is 5.41 Å². The summed E-state index contributed by atoms with van der Waals surface area (Å²) in [4.78, 5) is 0. The third-order valence-electron chi connectivity index (χ3n) is 3.42. The molecule has 1 aromatic rings. The highest BCUT2D eigenvalue weighted by Crippen LogP contribution is 2.47. The fourth-order valence-corrected chi connectivity index (χ4v) is 2.27. The Labute approximate surface area is 97.5 Å². The monoisotopic (exact) mass is 219 g/mol. The molecule has 1 fully saturated rings. The SMILES string of the molecule is CC(C)(O)Cc1cccc(C2(CN)CC2)c1. The number of rotatable bonds is 4. The second-order valence-corrected chi connectivity index (χ2v) is 5.67. The number of aliphatic hydroxyl groups is 1. The van der Waals surface area contributed by atoms with E-state index >= 15 is 0 Å². The summed E-state index contributed by atoms with van der Waals surface area (Å²) in [7, 11) is 0. The molecule has 1 aliphatic rings. The van der Waals surface area contributed by atoms with Crippen molar-refractivity contribution in [2.75, 3.05) is 6.54 Å². The van der Waals surface area contributed by atoms with E-state index in [2.05, 4.69) is 24.3 Å². The molecule has 1 saturated carbocycles. The van der Waals surface area contributed by atoms with Crippen LogP contribution in [-0.4, -0.2) is 17.3 Å². The van der Waals surface area contributed by atoms with Gasteiger partial charge < -0.3 is 10.8 Å². The second kappa shape index (κ2) is 3.86. The lowest BCUT2D eigenvalue weighted by molar-refractivity contribution is 0.0810. The smallest absolute Gasteiger partial charge is 0.0631 e. The predicted octanol–water partition coefficient (Wildman–Crippen LogP) is 1.99. The summed E-state index contributed by atoms with van der Waals surface area (Å²) in [5.41, 5.74) is 7.98. The van der Waals surface area contributed by atoms with Crippen LogP contribution in [0.1, 0.15) is 37.8 Å². The third-order valence-corrected chi connectivity index (χ3v) is 3.42. The Bertz CT molecular complexity index is 375. The topological polar surface area (TPSA) is 46.2 Å². The van der Waals surface area contributed by atoms with Gasteiger partial charge in [-0.2, -0.15) is 0 Å². The standard InChI is InChI=1S/C14H21NO/c1-13(2,16)9-11-4-3-5-12(8-11)14(10-15)6-7-14/h3-5,8,16H,6-7,9-10,15H2,1-2H3.